The number of anilines is 1. The van der Waals surface area contributed by atoms with E-state index in [4.69, 9.17) is 10.5 Å². The molecular formula is C22H29FN6O3S. The Morgan fingerprint density at radius 3 is 2.82 bits per heavy atom. The van der Waals surface area contributed by atoms with Crippen molar-refractivity contribution < 1.29 is 17.5 Å². The average Bonchev–Trinajstić information content (AvgIpc) is 3.29. The second-order valence-electron chi connectivity index (χ2n) is 8.81. The van der Waals surface area contributed by atoms with Crippen LogP contribution in [-0.2, 0) is 29.4 Å². The van der Waals surface area contributed by atoms with E-state index in [-0.39, 0.29) is 24.0 Å². The van der Waals surface area contributed by atoms with Crippen molar-refractivity contribution in [3.05, 3.63) is 40.7 Å². The third-order valence-corrected chi connectivity index (χ3v) is 7.35. The molecule has 0 fully saturated rings. The molecule has 2 aromatic heterocycles. The summed E-state index contributed by atoms with van der Waals surface area (Å²) in [6.07, 6.45) is 0.923. The highest BCUT2D eigenvalue weighted by Gasteiger charge is 2.20. The van der Waals surface area contributed by atoms with Crippen LogP contribution in [0.2, 0.25) is 0 Å². The predicted octanol–water partition coefficient (Wildman–Crippen LogP) is 2.35. The first kappa shape index (κ1) is 23.4. The first-order valence-corrected chi connectivity index (χ1v) is 12.7. The molecular weight excluding hydrogens is 447 g/mol. The lowest BCUT2D eigenvalue weighted by molar-refractivity contribution is 0.356. The third-order valence-electron chi connectivity index (χ3n) is 5.60. The van der Waals surface area contributed by atoms with Gasteiger partial charge in [0.2, 0.25) is 10.0 Å². The molecule has 3 N–H and O–H groups in total. The van der Waals surface area contributed by atoms with Crippen LogP contribution in [0.5, 0.6) is 5.75 Å². The van der Waals surface area contributed by atoms with E-state index in [1.54, 1.807) is 4.57 Å². The lowest BCUT2D eigenvalue weighted by atomic mass is 10.0. The van der Waals surface area contributed by atoms with Gasteiger partial charge in [0.15, 0.2) is 17.0 Å². The molecule has 0 aliphatic carbocycles. The molecule has 0 radical (unpaired) electrons. The number of hydrogen-bond acceptors (Lipinski definition) is 7. The van der Waals surface area contributed by atoms with Crippen molar-refractivity contribution in [2.45, 2.75) is 46.6 Å². The SMILES string of the molecule is Cc1cc2c(cc1Cc1nc3c(N)nc(F)nc3n1CCCNS(=O)(=O)CC(C)C)OCC2. The fourth-order valence-corrected chi connectivity index (χ4v) is 5.57. The number of hydrogen-bond donors (Lipinski definition) is 2. The van der Waals surface area contributed by atoms with Gasteiger partial charge in [-0.3, -0.25) is 0 Å². The monoisotopic (exact) mass is 476 g/mol. The Kier molecular flexibility index (Phi) is 6.53. The van der Waals surface area contributed by atoms with Crippen molar-refractivity contribution in [3.63, 3.8) is 0 Å². The highest BCUT2D eigenvalue weighted by molar-refractivity contribution is 7.89. The number of benzene rings is 1. The van der Waals surface area contributed by atoms with Crippen molar-refractivity contribution in [1.29, 1.82) is 0 Å². The van der Waals surface area contributed by atoms with E-state index in [1.165, 1.54) is 5.56 Å². The molecule has 1 aliphatic heterocycles. The maximum atomic E-state index is 13.9. The fourth-order valence-electron chi connectivity index (χ4n) is 4.12. The Hall–Kier alpha value is -2.79. The largest absolute Gasteiger partial charge is 0.493 e. The van der Waals surface area contributed by atoms with Gasteiger partial charge in [0.25, 0.3) is 0 Å². The summed E-state index contributed by atoms with van der Waals surface area (Å²) in [5, 5.41) is 0. The Labute approximate surface area is 192 Å². The normalized spacial score (nSPS) is 13.6. The lowest BCUT2D eigenvalue weighted by Gasteiger charge is -2.12. The van der Waals surface area contributed by atoms with Gasteiger partial charge in [0.1, 0.15) is 11.6 Å². The Bertz CT molecular complexity index is 1290. The van der Waals surface area contributed by atoms with E-state index >= 15 is 0 Å². The van der Waals surface area contributed by atoms with Crippen LogP contribution in [-0.4, -0.2) is 46.8 Å². The van der Waals surface area contributed by atoms with Crippen LogP contribution in [0.1, 0.15) is 42.8 Å². The summed E-state index contributed by atoms with van der Waals surface area (Å²) in [4.78, 5) is 12.1. The van der Waals surface area contributed by atoms with Gasteiger partial charge < -0.3 is 15.0 Å². The van der Waals surface area contributed by atoms with Crippen LogP contribution in [0.25, 0.3) is 11.2 Å². The van der Waals surface area contributed by atoms with Crippen LogP contribution in [0.4, 0.5) is 10.2 Å². The summed E-state index contributed by atoms with van der Waals surface area (Å²) in [6, 6.07) is 4.15. The van der Waals surface area contributed by atoms with Crippen molar-refractivity contribution in [3.8, 4) is 5.75 Å². The molecule has 0 saturated heterocycles. The van der Waals surface area contributed by atoms with Crippen LogP contribution in [0.15, 0.2) is 12.1 Å². The second-order valence-corrected chi connectivity index (χ2v) is 10.7. The summed E-state index contributed by atoms with van der Waals surface area (Å²) in [5.74, 6) is 1.62. The molecule has 0 atom stereocenters. The number of imidazole rings is 1. The average molecular weight is 477 g/mol. The molecule has 0 spiro atoms. The molecule has 0 amide bonds. The van der Waals surface area contributed by atoms with Gasteiger partial charge in [-0.05, 0) is 42.0 Å². The molecule has 0 unspecified atom stereocenters. The number of sulfonamides is 1. The van der Waals surface area contributed by atoms with Crippen LogP contribution >= 0.6 is 0 Å². The van der Waals surface area contributed by atoms with E-state index < -0.39 is 16.1 Å². The third kappa shape index (κ3) is 5.25. The standard InChI is InChI=1S/C22H29FN6O3S/c1-13(2)12-33(30,31)25-6-4-7-29-18(26-19-20(24)27-22(23)28-21(19)29)11-16-10-17-15(5-8-32-17)9-14(16)3/h9-10,13,25H,4-8,11-12H2,1-3H3,(H2,24,27,28). The maximum Gasteiger partial charge on any atom is 0.312 e. The van der Waals surface area contributed by atoms with Crippen LogP contribution in [0.3, 0.4) is 0 Å². The first-order valence-electron chi connectivity index (χ1n) is 11.0. The lowest BCUT2D eigenvalue weighted by Crippen LogP contribution is -2.30. The number of halogens is 1. The van der Waals surface area contributed by atoms with Crippen molar-refractivity contribution in [2.75, 3.05) is 24.6 Å². The highest BCUT2D eigenvalue weighted by Crippen LogP contribution is 2.30. The number of nitrogen functional groups attached to an aromatic ring is 1. The summed E-state index contributed by atoms with van der Waals surface area (Å²) < 4.78 is 48.3. The fraction of sp³-hybridized carbons (Fsp3) is 0.500. The number of fused-ring (bicyclic) bond motifs is 2. The number of rotatable bonds is 9. The quantitative estimate of drug-likeness (QED) is 0.359. The van der Waals surface area contributed by atoms with Gasteiger partial charge >= 0.3 is 6.08 Å². The molecule has 3 aromatic rings. The maximum absolute atomic E-state index is 13.9. The van der Waals surface area contributed by atoms with Crippen molar-refractivity contribution >= 4 is 27.0 Å². The van der Waals surface area contributed by atoms with Crippen molar-refractivity contribution in [2.24, 2.45) is 5.92 Å². The first-order chi connectivity index (χ1) is 15.6. The Balaban J connectivity index is 1.60. The zero-order valence-corrected chi connectivity index (χ0v) is 19.9. The predicted molar refractivity (Wildman–Crippen MR) is 124 cm³/mol. The number of aromatic nitrogens is 4. The zero-order chi connectivity index (χ0) is 23.8. The number of aryl methyl sites for hydroxylation is 2. The van der Waals surface area contributed by atoms with E-state index in [0.29, 0.717) is 43.0 Å². The van der Waals surface area contributed by atoms with E-state index in [1.807, 2.05) is 26.8 Å². The number of nitrogens with one attached hydrogen (secondary N) is 1. The smallest absolute Gasteiger partial charge is 0.312 e. The zero-order valence-electron chi connectivity index (χ0n) is 19.1. The molecule has 9 nitrogen and oxygen atoms in total. The summed E-state index contributed by atoms with van der Waals surface area (Å²) >= 11 is 0. The molecule has 0 saturated carbocycles. The van der Waals surface area contributed by atoms with Crippen molar-refractivity contribution in [1.82, 2.24) is 24.2 Å². The molecule has 1 aromatic carbocycles. The summed E-state index contributed by atoms with van der Waals surface area (Å²) in [6.45, 7) is 7.07. The number of ether oxygens (including phenoxy) is 1. The van der Waals surface area contributed by atoms with Gasteiger partial charge in [-0.1, -0.05) is 19.9 Å². The minimum absolute atomic E-state index is 0.0239. The molecule has 4 rings (SSSR count). The van der Waals surface area contributed by atoms with Crippen LogP contribution in [0, 0.1) is 18.9 Å². The van der Waals surface area contributed by atoms with E-state index in [0.717, 1.165) is 23.3 Å². The van der Waals surface area contributed by atoms with Crippen LogP contribution < -0.4 is 15.2 Å². The number of nitrogens with two attached hydrogens (primary N) is 1. The van der Waals surface area contributed by atoms with Gasteiger partial charge in [0.05, 0.1) is 12.4 Å². The topological polar surface area (TPSA) is 125 Å². The minimum Gasteiger partial charge on any atom is -0.493 e. The van der Waals surface area contributed by atoms with E-state index in [2.05, 4.69) is 25.7 Å². The summed E-state index contributed by atoms with van der Waals surface area (Å²) in [7, 11) is -3.34. The second kappa shape index (κ2) is 9.22. The molecule has 0 bridgehead atoms. The molecule has 33 heavy (non-hydrogen) atoms. The Morgan fingerprint density at radius 2 is 2.06 bits per heavy atom. The minimum atomic E-state index is -3.34. The molecule has 11 heteroatoms. The highest BCUT2D eigenvalue weighted by atomic mass is 32.2. The Morgan fingerprint density at radius 1 is 1.27 bits per heavy atom. The van der Waals surface area contributed by atoms with E-state index in [9.17, 15) is 12.8 Å². The summed E-state index contributed by atoms with van der Waals surface area (Å²) in [5.41, 5.74) is 9.90. The molecule has 1 aliphatic rings. The van der Waals surface area contributed by atoms with Gasteiger partial charge in [-0.25, -0.2) is 18.1 Å². The van der Waals surface area contributed by atoms with Gasteiger partial charge in [0, 0.05) is 25.9 Å². The molecule has 178 valence electrons. The number of nitrogens with zero attached hydrogens (tertiary/aromatic N) is 4. The van der Waals surface area contributed by atoms with Gasteiger partial charge in [-0.15, -0.1) is 0 Å². The molecule has 3 heterocycles. The van der Waals surface area contributed by atoms with Gasteiger partial charge in [-0.2, -0.15) is 14.4 Å².